The molecule has 2 nitrogen and oxygen atoms in total. The van der Waals surface area contributed by atoms with Crippen molar-refractivity contribution in [2.75, 3.05) is 6.54 Å². The normalized spacial score (nSPS) is 20.2. The Balaban J connectivity index is 2.10. The van der Waals surface area contributed by atoms with Crippen LogP contribution in [0.15, 0.2) is 0 Å². The molecule has 1 amide bonds. The quantitative estimate of drug-likeness (QED) is 0.761. The van der Waals surface area contributed by atoms with Crippen LogP contribution in [0.2, 0.25) is 0 Å². The molecule has 0 aromatic heterocycles. The lowest BCUT2D eigenvalue weighted by molar-refractivity contribution is -0.124. The second-order valence-electron chi connectivity index (χ2n) is 3.84. The van der Waals surface area contributed by atoms with Crippen LogP contribution in [0.25, 0.3) is 0 Å². The third-order valence-electron chi connectivity index (χ3n) is 2.57. The van der Waals surface area contributed by atoms with Gasteiger partial charge in [-0.15, -0.1) is 0 Å². The highest BCUT2D eigenvalue weighted by Gasteiger charge is 2.21. The first-order valence-corrected chi connectivity index (χ1v) is 6.03. The Labute approximate surface area is 88.6 Å². The highest BCUT2D eigenvalue weighted by atomic mass is 79.9. The lowest BCUT2D eigenvalue weighted by Crippen LogP contribution is -2.30. The Hall–Kier alpha value is -0.0500. The molecule has 1 saturated carbocycles. The second kappa shape index (κ2) is 5.63. The molecule has 1 N–H and O–H groups in total. The number of alkyl halides is 1. The minimum absolute atomic E-state index is 0.269. The summed E-state index contributed by atoms with van der Waals surface area (Å²) in [6, 6.07) is 0. The van der Waals surface area contributed by atoms with E-state index in [1.54, 1.807) is 0 Å². The van der Waals surface area contributed by atoms with E-state index in [1.165, 1.54) is 12.8 Å². The summed E-state index contributed by atoms with van der Waals surface area (Å²) < 4.78 is 0. The first-order chi connectivity index (χ1) is 6.20. The maximum atomic E-state index is 11.5. The predicted molar refractivity (Wildman–Crippen MR) is 58.0 cm³/mol. The minimum Gasteiger partial charge on any atom is -0.356 e. The van der Waals surface area contributed by atoms with Gasteiger partial charge in [0.05, 0.1) is 0 Å². The molecule has 0 radical (unpaired) electrons. The van der Waals surface area contributed by atoms with Gasteiger partial charge in [-0.3, -0.25) is 4.79 Å². The Morgan fingerprint density at radius 1 is 1.54 bits per heavy atom. The Morgan fingerprint density at radius 3 is 2.69 bits per heavy atom. The van der Waals surface area contributed by atoms with Gasteiger partial charge in [-0.2, -0.15) is 0 Å². The van der Waals surface area contributed by atoms with Crippen molar-refractivity contribution in [1.29, 1.82) is 0 Å². The molecule has 0 aliphatic heterocycles. The standard InChI is InChI=1S/C10H18BrNO/c1-8(11)6-7-12-10(13)9-4-2-3-5-9/h8-9H,2-7H2,1H3,(H,12,13). The summed E-state index contributed by atoms with van der Waals surface area (Å²) in [4.78, 5) is 12.0. The summed E-state index contributed by atoms with van der Waals surface area (Å²) in [7, 11) is 0. The third kappa shape index (κ3) is 4.12. The fourth-order valence-corrected chi connectivity index (χ4v) is 1.96. The van der Waals surface area contributed by atoms with Gasteiger partial charge in [-0.1, -0.05) is 35.7 Å². The SMILES string of the molecule is CC(Br)CCNC(=O)C1CCCC1. The van der Waals surface area contributed by atoms with Gasteiger partial charge in [-0.25, -0.2) is 0 Å². The topological polar surface area (TPSA) is 29.1 Å². The first-order valence-electron chi connectivity index (χ1n) is 5.12. The average Bonchev–Trinajstić information content (AvgIpc) is 2.55. The van der Waals surface area contributed by atoms with Crippen LogP contribution in [-0.2, 0) is 4.79 Å². The highest BCUT2D eigenvalue weighted by molar-refractivity contribution is 9.09. The fraction of sp³-hybridized carbons (Fsp3) is 0.900. The first kappa shape index (κ1) is 11.0. The van der Waals surface area contributed by atoms with Crippen molar-refractivity contribution in [3.8, 4) is 0 Å². The molecule has 1 aliphatic carbocycles. The van der Waals surface area contributed by atoms with Crippen LogP contribution in [0.1, 0.15) is 39.0 Å². The van der Waals surface area contributed by atoms with Crippen molar-refractivity contribution in [2.45, 2.75) is 43.9 Å². The van der Waals surface area contributed by atoms with Crippen LogP contribution in [0, 0.1) is 5.92 Å². The van der Waals surface area contributed by atoms with Crippen LogP contribution < -0.4 is 5.32 Å². The molecule has 76 valence electrons. The Morgan fingerprint density at radius 2 is 2.15 bits per heavy atom. The van der Waals surface area contributed by atoms with Gasteiger partial charge in [0, 0.05) is 17.3 Å². The summed E-state index contributed by atoms with van der Waals surface area (Å²) in [6.07, 6.45) is 5.66. The molecule has 1 rings (SSSR count). The van der Waals surface area contributed by atoms with Crippen LogP contribution in [0.4, 0.5) is 0 Å². The van der Waals surface area contributed by atoms with E-state index >= 15 is 0 Å². The van der Waals surface area contributed by atoms with E-state index in [9.17, 15) is 4.79 Å². The monoisotopic (exact) mass is 247 g/mol. The van der Waals surface area contributed by atoms with E-state index in [0.717, 1.165) is 25.8 Å². The molecule has 1 unspecified atom stereocenters. The van der Waals surface area contributed by atoms with Gasteiger partial charge in [0.25, 0.3) is 0 Å². The van der Waals surface area contributed by atoms with Gasteiger partial charge in [0.2, 0.25) is 5.91 Å². The molecule has 0 spiro atoms. The maximum Gasteiger partial charge on any atom is 0.223 e. The molecule has 13 heavy (non-hydrogen) atoms. The predicted octanol–water partition coefficient (Wildman–Crippen LogP) is 2.47. The van der Waals surface area contributed by atoms with Crippen LogP contribution in [-0.4, -0.2) is 17.3 Å². The molecular formula is C10H18BrNO. The lowest BCUT2D eigenvalue weighted by Gasteiger charge is -2.10. The summed E-state index contributed by atoms with van der Waals surface area (Å²) in [5.74, 6) is 0.580. The number of halogens is 1. The Kier molecular flexibility index (Phi) is 4.78. The van der Waals surface area contributed by atoms with Crippen molar-refractivity contribution in [3.05, 3.63) is 0 Å². The van der Waals surface area contributed by atoms with Crippen molar-refractivity contribution in [3.63, 3.8) is 0 Å². The van der Waals surface area contributed by atoms with E-state index in [4.69, 9.17) is 0 Å². The molecule has 0 bridgehead atoms. The Bertz CT molecular complexity index is 164. The molecule has 0 heterocycles. The molecule has 0 aromatic rings. The average molecular weight is 248 g/mol. The molecule has 1 aliphatic rings. The number of nitrogens with one attached hydrogen (secondary N) is 1. The number of carbonyl (C=O) groups excluding carboxylic acids is 1. The molecule has 3 heteroatoms. The van der Waals surface area contributed by atoms with Crippen LogP contribution in [0.3, 0.4) is 0 Å². The summed E-state index contributed by atoms with van der Waals surface area (Å²) in [5, 5.41) is 2.99. The number of amides is 1. The summed E-state index contributed by atoms with van der Waals surface area (Å²) in [6.45, 7) is 2.91. The maximum absolute atomic E-state index is 11.5. The van der Waals surface area contributed by atoms with E-state index in [-0.39, 0.29) is 5.91 Å². The zero-order valence-corrected chi connectivity index (χ0v) is 9.77. The van der Waals surface area contributed by atoms with E-state index in [0.29, 0.717) is 10.7 Å². The second-order valence-corrected chi connectivity index (χ2v) is 5.41. The molecular weight excluding hydrogens is 230 g/mol. The molecule has 1 fully saturated rings. The van der Waals surface area contributed by atoms with E-state index in [2.05, 4.69) is 28.2 Å². The van der Waals surface area contributed by atoms with E-state index < -0.39 is 0 Å². The van der Waals surface area contributed by atoms with Crippen molar-refractivity contribution >= 4 is 21.8 Å². The minimum atomic E-state index is 0.269. The van der Waals surface area contributed by atoms with Gasteiger partial charge < -0.3 is 5.32 Å². The largest absolute Gasteiger partial charge is 0.356 e. The van der Waals surface area contributed by atoms with Crippen molar-refractivity contribution in [2.24, 2.45) is 5.92 Å². The van der Waals surface area contributed by atoms with Gasteiger partial charge in [0.1, 0.15) is 0 Å². The number of hydrogen-bond acceptors (Lipinski definition) is 1. The summed E-state index contributed by atoms with van der Waals surface area (Å²) in [5.41, 5.74) is 0. The van der Waals surface area contributed by atoms with Gasteiger partial charge >= 0.3 is 0 Å². The number of hydrogen-bond donors (Lipinski definition) is 1. The molecule has 0 saturated heterocycles. The van der Waals surface area contributed by atoms with Gasteiger partial charge in [0.15, 0.2) is 0 Å². The van der Waals surface area contributed by atoms with E-state index in [1.807, 2.05) is 0 Å². The number of rotatable bonds is 4. The van der Waals surface area contributed by atoms with Crippen LogP contribution in [0.5, 0.6) is 0 Å². The third-order valence-corrected chi connectivity index (χ3v) is 3.03. The number of carbonyl (C=O) groups is 1. The zero-order chi connectivity index (χ0) is 9.68. The highest BCUT2D eigenvalue weighted by Crippen LogP contribution is 2.24. The summed E-state index contributed by atoms with van der Waals surface area (Å²) >= 11 is 3.46. The smallest absolute Gasteiger partial charge is 0.223 e. The zero-order valence-electron chi connectivity index (χ0n) is 8.18. The molecule has 1 atom stereocenters. The molecule has 0 aromatic carbocycles. The fourth-order valence-electron chi connectivity index (χ4n) is 1.73. The lowest BCUT2D eigenvalue weighted by atomic mass is 10.1. The van der Waals surface area contributed by atoms with Crippen molar-refractivity contribution in [1.82, 2.24) is 5.32 Å². The van der Waals surface area contributed by atoms with Crippen molar-refractivity contribution < 1.29 is 4.79 Å². The van der Waals surface area contributed by atoms with Crippen LogP contribution >= 0.6 is 15.9 Å². The van der Waals surface area contributed by atoms with Gasteiger partial charge in [-0.05, 0) is 19.3 Å².